The quantitative estimate of drug-likeness (QED) is 0.245. The predicted octanol–water partition coefficient (Wildman–Crippen LogP) is 6.07. The molecule has 0 bridgehead atoms. The molecule has 2 heterocycles. The lowest BCUT2D eigenvalue weighted by Gasteiger charge is -2.31. The Labute approximate surface area is 189 Å². The normalized spacial score (nSPS) is 12.9. The van der Waals surface area contributed by atoms with Gasteiger partial charge in [0.05, 0.1) is 15.9 Å². The van der Waals surface area contributed by atoms with E-state index in [0.717, 1.165) is 17.2 Å². The summed E-state index contributed by atoms with van der Waals surface area (Å²) in [4.78, 5) is 35.2. The Morgan fingerprint density at radius 2 is 1.90 bits per heavy atom. The van der Waals surface area contributed by atoms with E-state index in [4.69, 9.17) is 14.0 Å². The Balaban J connectivity index is 2.04. The minimum atomic E-state index is -0.670. The monoisotopic (exact) mass is 490 g/mol. The number of nitrogens with zero attached hydrogens (tertiary/aromatic N) is 2. The van der Waals surface area contributed by atoms with Crippen molar-refractivity contribution in [3.8, 4) is 5.75 Å². The minimum Gasteiger partial charge on any atom is -0.442 e. The van der Waals surface area contributed by atoms with Crippen molar-refractivity contribution in [1.29, 1.82) is 0 Å². The van der Waals surface area contributed by atoms with Crippen LogP contribution in [-0.2, 0) is 4.74 Å². The number of halogens is 1. The first kappa shape index (κ1) is 23.1. The summed E-state index contributed by atoms with van der Waals surface area (Å²) in [5.41, 5.74) is -0.806. The Kier molecular flexibility index (Phi) is 6.59. The van der Waals surface area contributed by atoms with E-state index in [-0.39, 0.29) is 6.04 Å². The van der Waals surface area contributed by atoms with E-state index in [1.807, 2.05) is 6.92 Å². The average Bonchev–Trinajstić information content (AvgIpc) is 2.65. The molecule has 0 aliphatic heterocycles. The van der Waals surface area contributed by atoms with Crippen LogP contribution in [0.15, 0.2) is 44.3 Å². The molecule has 31 heavy (non-hydrogen) atoms. The molecule has 1 atom stereocenters. The fourth-order valence-corrected chi connectivity index (χ4v) is 3.76. The number of aromatic nitrogens is 1. The zero-order chi connectivity index (χ0) is 22.9. The molecule has 7 nitrogen and oxygen atoms in total. The number of pyridine rings is 1. The lowest BCUT2D eigenvalue weighted by molar-refractivity contribution is -0.0970. The zero-order valence-electron chi connectivity index (χ0n) is 18.6. The van der Waals surface area contributed by atoms with Gasteiger partial charge >= 0.3 is 11.7 Å². The summed E-state index contributed by atoms with van der Waals surface area (Å²) in [6.07, 6.45) is 3.24. The maximum atomic E-state index is 12.9. The molecule has 0 N–H and O–H groups in total. The van der Waals surface area contributed by atoms with Crippen molar-refractivity contribution in [2.75, 3.05) is 0 Å². The number of hydrogen-bond donors (Lipinski definition) is 0. The van der Waals surface area contributed by atoms with E-state index >= 15 is 0 Å². The molecule has 0 aliphatic rings. The van der Waals surface area contributed by atoms with Gasteiger partial charge in [0.15, 0.2) is 5.75 Å². The molecule has 2 aromatic heterocycles. The third kappa shape index (κ3) is 5.36. The number of benzene rings is 1. The highest BCUT2D eigenvalue weighted by atomic mass is 79.9. The summed E-state index contributed by atoms with van der Waals surface area (Å²) in [5.74, 6) is 0.687. The number of fused-ring (bicyclic) bond motifs is 3. The molecule has 0 aliphatic carbocycles. The SMILES string of the molecule is CC(C)C[C@H](C)N(Oc1cc2oc(=O)c3cnccc3c2cc1Br)C(=O)OC(C)(C)C. The highest BCUT2D eigenvalue weighted by Crippen LogP contribution is 2.34. The number of amides is 1. The topological polar surface area (TPSA) is 81.9 Å². The molecule has 8 heteroatoms. The van der Waals surface area contributed by atoms with Crippen LogP contribution in [0.25, 0.3) is 21.7 Å². The first-order valence-electron chi connectivity index (χ1n) is 10.2. The van der Waals surface area contributed by atoms with Crippen molar-refractivity contribution in [2.45, 2.75) is 59.6 Å². The molecular weight excluding hydrogens is 464 g/mol. The van der Waals surface area contributed by atoms with Crippen molar-refractivity contribution >= 4 is 43.8 Å². The van der Waals surface area contributed by atoms with Gasteiger partial charge in [-0.1, -0.05) is 13.8 Å². The lowest BCUT2D eigenvalue weighted by Crippen LogP contribution is -2.44. The summed E-state index contributed by atoms with van der Waals surface area (Å²) >= 11 is 3.52. The number of hydroxylamine groups is 2. The van der Waals surface area contributed by atoms with Crippen LogP contribution in [0.2, 0.25) is 0 Å². The molecule has 1 amide bonds. The van der Waals surface area contributed by atoms with Gasteiger partial charge in [-0.25, -0.2) is 9.59 Å². The molecule has 0 saturated heterocycles. The third-order valence-corrected chi connectivity index (χ3v) is 5.17. The fraction of sp³-hybridized carbons (Fsp3) is 0.435. The molecule has 166 valence electrons. The first-order chi connectivity index (χ1) is 14.5. The predicted molar refractivity (Wildman–Crippen MR) is 123 cm³/mol. The van der Waals surface area contributed by atoms with Crippen LogP contribution < -0.4 is 10.5 Å². The van der Waals surface area contributed by atoms with E-state index in [2.05, 4.69) is 34.8 Å². The summed E-state index contributed by atoms with van der Waals surface area (Å²) in [5, 5.41) is 3.10. The second-order valence-electron chi connectivity index (χ2n) is 8.97. The average molecular weight is 491 g/mol. The summed E-state index contributed by atoms with van der Waals surface area (Å²) in [7, 11) is 0. The number of carbonyl (C=O) groups is 1. The molecule has 0 fully saturated rings. The van der Waals surface area contributed by atoms with Gasteiger partial charge in [-0.2, -0.15) is 0 Å². The molecule has 0 spiro atoms. The van der Waals surface area contributed by atoms with Crippen LogP contribution >= 0.6 is 15.9 Å². The van der Waals surface area contributed by atoms with Gasteiger partial charge in [-0.15, -0.1) is 5.06 Å². The van der Waals surface area contributed by atoms with E-state index in [1.165, 1.54) is 11.3 Å². The molecule has 3 aromatic rings. The Morgan fingerprint density at radius 1 is 1.19 bits per heavy atom. The van der Waals surface area contributed by atoms with Gasteiger partial charge < -0.3 is 14.0 Å². The van der Waals surface area contributed by atoms with E-state index < -0.39 is 17.3 Å². The number of carbonyl (C=O) groups excluding carboxylic acids is 1. The molecule has 1 aromatic carbocycles. The summed E-state index contributed by atoms with van der Waals surface area (Å²) in [6, 6.07) is 4.92. The van der Waals surface area contributed by atoms with Crippen molar-refractivity contribution in [2.24, 2.45) is 5.92 Å². The standard InChI is InChI=1S/C23H27BrN2O5/c1-13(2)9-14(3)26(22(28)30-23(4,5)6)31-20-11-19-16(10-18(20)24)15-7-8-25-12-17(15)21(27)29-19/h7-8,10-14H,9H2,1-6H3/t14-/m0/s1. The maximum Gasteiger partial charge on any atom is 0.443 e. The van der Waals surface area contributed by atoms with Crippen LogP contribution in [-0.4, -0.2) is 27.8 Å². The van der Waals surface area contributed by atoms with Crippen LogP contribution in [0.3, 0.4) is 0 Å². The Hall–Kier alpha value is -2.61. The van der Waals surface area contributed by atoms with E-state index in [1.54, 1.807) is 45.2 Å². The third-order valence-electron chi connectivity index (χ3n) is 4.55. The van der Waals surface area contributed by atoms with Crippen molar-refractivity contribution in [1.82, 2.24) is 10.0 Å². The highest BCUT2D eigenvalue weighted by molar-refractivity contribution is 9.10. The summed E-state index contributed by atoms with van der Waals surface area (Å²) in [6.45, 7) is 11.5. The first-order valence-corrected chi connectivity index (χ1v) is 11.0. The largest absolute Gasteiger partial charge is 0.443 e. The smallest absolute Gasteiger partial charge is 0.442 e. The van der Waals surface area contributed by atoms with Gasteiger partial charge in [-0.3, -0.25) is 4.98 Å². The molecule has 0 radical (unpaired) electrons. The Morgan fingerprint density at radius 3 is 2.55 bits per heavy atom. The lowest BCUT2D eigenvalue weighted by atomic mass is 10.1. The molecule has 0 saturated carbocycles. The molecule has 3 rings (SSSR count). The second kappa shape index (κ2) is 8.86. The maximum absolute atomic E-state index is 12.9. The number of ether oxygens (including phenoxy) is 1. The van der Waals surface area contributed by atoms with Gasteiger partial charge in [0.25, 0.3) is 0 Å². The molecule has 0 unspecified atom stereocenters. The van der Waals surface area contributed by atoms with Gasteiger partial charge in [0.1, 0.15) is 11.2 Å². The summed E-state index contributed by atoms with van der Waals surface area (Å²) < 4.78 is 11.6. The van der Waals surface area contributed by atoms with E-state index in [0.29, 0.717) is 27.1 Å². The second-order valence-corrected chi connectivity index (χ2v) is 9.82. The van der Waals surface area contributed by atoms with Crippen molar-refractivity contribution in [3.63, 3.8) is 0 Å². The number of hydrogen-bond acceptors (Lipinski definition) is 6. The van der Waals surface area contributed by atoms with Crippen LogP contribution in [0, 0.1) is 5.92 Å². The van der Waals surface area contributed by atoms with Crippen LogP contribution in [0.1, 0.15) is 48.0 Å². The minimum absolute atomic E-state index is 0.243. The van der Waals surface area contributed by atoms with Crippen LogP contribution in [0.5, 0.6) is 5.75 Å². The Bertz CT molecular complexity index is 1170. The zero-order valence-corrected chi connectivity index (χ0v) is 20.1. The molecular formula is C23H27BrN2O5. The van der Waals surface area contributed by atoms with Crippen molar-refractivity contribution < 1.29 is 18.8 Å². The van der Waals surface area contributed by atoms with Gasteiger partial charge in [0, 0.05) is 29.2 Å². The number of rotatable bonds is 5. The van der Waals surface area contributed by atoms with E-state index in [9.17, 15) is 9.59 Å². The van der Waals surface area contributed by atoms with Crippen LogP contribution in [0.4, 0.5) is 4.79 Å². The van der Waals surface area contributed by atoms with Gasteiger partial charge in [-0.05, 0) is 68.1 Å². The van der Waals surface area contributed by atoms with Crippen molar-refractivity contribution in [3.05, 3.63) is 45.5 Å². The highest BCUT2D eigenvalue weighted by Gasteiger charge is 2.29. The van der Waals surface area contributed by atoms with Gasteiger partial charge in [0.2, 0.25) is 0 Å². The fourth-order valence-electron chi connectivity index (χ4n) is 3.34.